The van der Waals surface area contributed by atoms with Crippen molar-refractivity contribution in [1.29, 1.82) is 0 Å². The molecular formula is C21H22ClNO. The molecule has 3 heteroatoms. The van der Waals surface area contributed by atoms with Crippen molar-refractivity contribution in [2.45, 2.75) is 20.3 Å². The summed E-state index contributed by atoms with van der Waals surface area (Å²) in [4.78, 5) is 4.67. The molecule has 0 atom stereocenters. The van der Waals surface area contributed by atoms with Crippen LogP contribution in [0.25, 0.3) is 6.08 Å². The van der Waals surface area contributed by atoms with Gasteiger partial charge in [0.25, 0.3) is 0 Å². The molecule has 124 valence electrons. The summed E-state index contributed by atoms with van der Waals surface area (Å²) in [6.07, 6.45) is 5.12. The van der Waals surface area contributed by atoms with Gasteiger partial charge < -0.3 is 4.74 Å². The van der Waals surface area contributed by atoms with E-state index >= 15 is 0 Å². The summed E-state index contributed by atoms with van der Waals surface area (Å²) in [6, 6.07) is 14.1. The Morgan fingerprint density at radius 2 is 1.92 bits per heavy atom. The Morgan fingerprint density at radius 1 is 1.12 bits per heavy atom. The number of halogens is 1. The number of ether oxygens (including phenoxy) is 1. The molecule has 0 N–H and O–H groups in total. The van der Waals surface area contributed by atoms with E-state index in [1.54, 1.807) is 0 Å². The lowest BCUT2D eigenvalue weighted by Crippen LogP contribution is -2.12. The van der Waals surface area contributed by atoms with Crippen LogP contribution in [0.2, 0.25) is 5.02 Å². The van der Waals surface area contributed by atoms with Gasteiger partial charge in [-0.15, -0.1) is 0 Å². The van der Waals surface area contributed by atoms with Crippen LogP contribution in [0.15, 0.2) is 53.5 Å². The number of hydrogen-bond acceptors (Lipinski definition) is 2. The highest BCUT2D eigenvalue weighted by Gasteiger charge is 2.13. The molecule has 0 saturated carbocycles. The van der Waals surface area contributed by atoms with E-state index in [4.69, 9.17) is 16.3 Å². The molecule has 1 heterocycles. The van der Waals surface area contributed by atoms with Crippen molar-refractivity contribution in [2.75, 3.05) is 13.2 Å². The number of aliphatic imine (C=N–C) groups is 1. The molecule has 1 aliphatic rings. The molecule has 2 aromatic rings. The molecule has 1 aliphatic heterocycles. The Labute approximate surface area is 148 Å². The number of rotatable bonds is 5. The number of fused-ring (bicyclic) bond motifs is 1. The van der Waals surface area contributed by atoms with E-state index < -0.39 is 0 Å². The molecule has 0 unspecified atom stereocenters. The predicted molar refractivity (Wildman–Crippen MR) is 102 cm³/mol. The third kappa shape index (κ3) is 4.27. The SMILES string of the molecule is CC(C)COc1ccc2c(c1)CCN=C2C=Cc1ccc(Cl)cc1. The van der Waals surface area contributed by atoms with Gasteiger partial charge in [-0.1, -0.05) is 43.7 Å². The van der Waals surface area contributed by atoms with E-state index in [9.17, 15) is 0 Å². The van der Waals surface area contributed by atoms with Crippen LogP contribution in [0, 0.1) is 5.92 Å². The van der Waals surface area contributed by atoms with Gasteiger partial charge in [0.1, 0.15) is 5.75 Å². The molecule has 0 spiro atoms. The van der Waals surface area contributed by atoms with Crippen LogP contribution in [-0.2, 0) is 6.42 Å². The van der Waals surface area contributed by atoms with Gasteiger partial charge in [-0.05, 0) is 59.9 Å². The van der Waals surface area contributed by atoms with Crippen LogP contribution in [0.3, 0.4) is 0 Å². The predicted octanol–water partition coefficient (Wildman–Crippen LogP) is 5.43. The van der Waals surface area contributed by atoms with Crippen LogP contribution in [-0.4, -0.2) is 18.9 Å². The average molecular weight is 340 g/mol. The second kappa shape index (κ2) is 7.67. The first-order valence-corrected chi connectivity index (χ1v) is 8.74. The second-order valence-corrected chi connectivity index (χ2v) is 6.86. The van der Waals surface area contributed by atoms with Crippen molar-refractivity contribution in [1.82, 2.24) is 0 Å². The lowest BCUT2D eigenvalue weighted by Gasteiger charge is -2.17. The molecule has 0 aliphatic carbocycles. The maximum atomic E-state index is 5.93. The highest BCUT2D eigenvalue weighted by atomic mass is 35.5. The van der Waals surface area contributed by atoms with Crippen molar-refractivity contribution < 1.29 is 4.74 Å². The minimum atomic E-state index is 0.528. The van der Waals surface area contributed by atoms with Gasteiger partial charge in [0.2, 0.25) is 0 Å². The standard InChI is InChI=1S/C21H22ClNO/c1-15(2)14-24-19-8-9-20-17(13-19)11-12-23-21(20)10-5-16-3-6-18(22)7-4-16/h3-10,13,15H,11-12,14H2,1-2H3. The van der Waals surface area contributed by atoms with E-state index in [2.05, 4.69) is 43.1 Å². The summed E-state index contributed by atoms with van der Waals surface area (Å²) >= 11 is 5.93. The Hall–Kier alpha value is -2.06. The zero-order valence-electron chi connectivity index (χ0n) is 14.1. The maximum Gasteiger partial charge on any atom is 0.119 e. The fourth-order valence-corrected chi connectivity index (χ4v) is 2.78. The maximum absolute atomic E-state index is 5.93. The highest BCUT2D eigenvalue weighted by Crippen LogP contribution is 2.23. The van der Waals surface area contributed by atoms with Crippen molar-refractivity contribution in [3.05, 3.63) is 70.3 Å². The summed E-state index contributed by atoms with van der Waals surface area (Å²) in [7, 11) is 0. The summed E-state index contributed by atoms with van der Waals surface area (Å²) in [6.45, 7) is 5.88. The fraction of sp³-hybridized carbons (Fsp3) is 0.286. The molecule has 24 heavy (non-hydrogen) atoms. The zero-order chi connectivity index (χ0) is 16.9. The van der Waals surface area contributed by atoms with Crippen LogP contribution in [0.5, 0.6) is 5.75 Å². The quantitative estimate of drug-likeness (QED) is 0.711. The van der Waals surface area contributed by atoms with Gasteiger partial charge in [0.15, 0.2) is 0 Å². The molecule has 0 saturated heterocycles. The summed E-state index contributed by atoms with van der Waals surface area (Å²) < 4.78 is 5.84. The summed E-state index contributed by atoms with van der Waals surface area (Å²) in [5.74, 6) is 1.48. The Bertz CT molecular complexity index is 760. The van der Waals surface area contributed by atoms with Gasteiger partial charge in [0.05, 0.1) is 12.3 Å². The molecular weight excluding hydrogens is 318 g/mol. The summed E-state index contributed by atoms with van der Waals surface area (Å²) in [5, 5.41) is 0.751. The largest absolute Gasteiger partial charge is 0.493 e. The number of allylic oxidation sites excluding steroid dienone is 1. The van der Waals surface area contributed by atoms with Crippen LogP contribution < -0.4 is 4.74 Å². The minimum Gasteiger partial charge on any atom is -0.493 e. The fourth-order valence-electron chi connectivity index (χ4n) is 2.65. The van der Waals surface area contributed by atoms with Crippen LogP contribution in [0.1, 0.15) is 30.5 Å². The lowest BCUT2D eigenvalue weighted by atomic mass is 9.96. The number of nitrogens with zero attached hydrogens (tertiary/aromatic N) is 1. The van der Waals surface area contributed by atoms with Crippen molar-refractivity contribution in [3.8, 4) is 5.75 Å². The van der Waals surface area contributed by atoms with Gasteiger partial charge in [-0.2, -0.15) is 0 Å². The average Bonchev–Trinajstić information content (AvgIpc) is 2.59. The lowest BCUT2D eigenvalue weighted by molar-refractivity contribution is 0.271. The molecule has 0 radical (unpaired) electrons. The van der Waals surface area contributed by atoms with Gasteiger partial charge >= 0.3 is 0 Å². The Morgan fingerprint density at radius 3 is 2.67 bits per heavy atom. The molecule has 0 bridgehead atoms. The minimum absolute atomic E-state index is 0.528. The molecule has 2 nitrogen and oxygen atoms in total. The van der Waals surface area contributed by atoms with E-state index in [-0.39, 0.29) is 0 Å². The monoisotopic (exact) mass is 339 g/mol. The Balaban J connectivity index is 1.77. The Kier molecular flexibility index (Phi) is 5.37. The first-order valence-electron chi connectivity index (χ1n) is 8.36. The third-order valence-corrected chi connectivity index (χ3v) is 4.15. The normalized spacial score (nSPS) is 13.9. The van der Waals surface area contributed by atoms with Crippen molar-refractivity contribution in [3.63, 3.8) is 0 Å². The van der Waals surface area contributed by atoms with E-state index in [0.29, 0.717) is 5.92 Å². The molecule has 0 fully saturated rings. The van der Waals surface area contributed by atoms with E-state index in [1.165, 1.54) is 11.1 Å². The topological polar surface area (TPSA) is 21.6 Å². The second-order valence-electron chi connectivity index (χ2n) is 6.43. The van der Waals surface area contributed by atoms with Crippen molar-refractivity contribution >= 4 is 23.4 Å². The summed E-state index contributed by atoms with van der Waals surface area (Å²) in [5.41, 5.74) is 4.65. The first kappa shape index (κ1) is 16.8. The highest BCUT2D eigenvalue weighted by molar-refractivity contribution is 6.30. The van der Waals surface area contributed by atoms with Crippen LogP contribution >= 0.6 is 11.6 Å². The van der Waals surface area contributed by atoms with Gasteiger partial charge in [-0.25, -0.2) is 0 Å². The molecule has 0 amide bonds. The molecule has 3 rings (SSSR count). The molecule has 2 aromatic carbocycles. The first-order chi connectivity index (χ1) is 11.6. The third-order valence-electron chi connectivity index (χ3n) is 3.90. The van der Waals surface area contributed by atoms with Crippen molar-refractivity contribution in [2.24, 2.45) is 10.9 Å². The smallest absolute Gasteiger partial charge is 0.119 e. The number of benzene rings is 2. The van der Waals surface area contributed by atoms with E-state index in [1.807, 2.05) is 30.3 Å². The zero-order valence-corrected chi connectivity index (χ0v) is 14.9. The van der Waals surface area contributed by atoms with Gasteiger partial charge in [0, 0.05) is 17.1 Å². The van der Waals surface area contributed by atoms with Crippen LogP contribution in [0.4, 0.5) is 0 Å². The number of hydrogen-bond donors (Lipinski definition) is 0. The van der Waals surface area contributed by atoms with E-state index in [0.717, 1.165) is 41.6 Å². The molecule has 0 aromatic heterocycles. The van der Waals surface area contributed by atoms with Gasteiger partial charge in [-0.3, -0.25) is 4.99 Å².